The van der Waals surface area contributed by atoms with Crippen LogP contribution < -0.4 is 4.74 Å². The fourth-order valence-electron chi connectivity index (χ4n) is 2.00. The van der Waals surface area contributed by atoms with Gasteiger partial charge in [0.2, 0.25) is 0 Å². The van der Waals surface area contributed by atoms with Crippen LogP contribution in [0.3, 0.4) is 0 Å². The Kier molecular flexibility index (Phi) is 4.97. The highest BCUT2D eigenvalue weighted by Crippen LogP contribution is 2.39. The molecule has 0 heterocycles. The van der Waals surface area contributed by atoms with Crippen molar-refractivity contribution >= 4 is 19.7 Å². The van der Waals surface area contributed by atoms with E-state index in [2.05, 4.69) is 4.74 Å². The predicted octanol–water partition coefficient (Wildman–Crippen LogP) is 5.20. The summed E-state index contributed by atoms with van der Waals surface area (Å²) < 4.78 is 102. The van der Waals surface area contributed by atoms with Gasteiger partial charge in [-0.1, -0.05) is 18.2 Å². The van der Waals surface area contributed by atoms with Crippen molar-refractivity contribution in [3.05, 3.63) is 48.0 Å². The highest BCUT2D eigenvalue weighted by molar-refractivity contribution is 8.13. The Labute approximate surface area is 142 Å². The molecule has 0 aromatic heterocycles. The summed E-state index contributed by atoms with van der Waals surface area (Å²) in [6, 6.07) is 5.76. The summed E-state index contributed by atoms with van der Waals surface area (Å²) in [5, 5.41) is 0. The molecule has 0 atom stereocenters. The number of hydrogen-bond donors (Lipinski definition) is 0. The smallest absolute Gasteiger partial charge is 0.406 e. The normalized spacial score (nSPS) is 12.9. The van der Waals surface area contributed by atoms with Crippen molar-refractivity contribution in [3.63, 3.8) is 0 Å². The lowest BCUT2D eigenvalue weighted by Crippen LogP contribution is -2.17. The minimum absolute atomic E-state index is 0.0830. The van der Waals surface area contributed by atoms with Crippen molar-refractivity contribution in [2.45, 2.75) is 17.4 Å². The van der Waals surface area contributed by atoms with Crippen molar-refractivity contribution in [2.75, 3.05) is 0 Å². The first-order chi connectivity index (χ1) is 11.3. The third-order valence-electron chi connectivity index (χ3n) is 2.98. The molecule has 0 saturated heterocycles. The van der Waals surface area contributed by atoms with Gasteiger partial charge in [-0.25, -0.2) is 8.42 Å². The second-order valence-corrected chi connectivity index (χ2v) is 7.28. The zero-order chi connectivity index (χ0) is 19.0. The maximum atomic E-state index is 13.2. The van der Waals surface area contributed by atoms with E-state index in [9.17, 15) is 34.8 Å². The van der Waals surface area contributed by atoms with Gasteiger partial charge in [-0.3, -0.25) is 0 Å². The molecule has 3 nitrogen and oxygen atoms in total. The van der Waals surface area contributed by atoms with Gasteiger partial charge in [-0.05, 0) is 35.4 Å². The molecule has 0 unspecified atom stereocenters. The zero-order valence-corrected chi connectivity index (χ0v) is 13.4. The standard InChI is InChI=1S/C14H7ClF6O3S/c15-25(22,23)10-5-6-11(12(7-10)13(16,17)18)8-1-3-9(4-2-8)24-14(19,20)21/h1-7H. The summed E-state index contributed by atoms with van der Waals surface area (Å²) in [5.41, 5.74) is -1.80. The topological polar surface area (TPSA) is 43.4 Å². The Morgan fingerprint density at radius 3 is 1.88 bits per heavy atom. The molecule has 2 aromatic rings. The summed E-state index contributed by atoms with van der Waals surface area (Å²) in [5.74, 6) is -0.607. The molecule has 25 heavy (non-hydrogen) atoms. The highest BCUT2D eigenvalue weighted by Gasteiger charge is 2.35. The van der Waals surface area contributed by atoms with Crippen LogP contribution in [0.25, 0.3) is 11.1 Å². The van der Waals surface area contributed by atoms with E-state index in [0.29, 0.717) is 6.07 Å². The molecular weight excluding hydrogens is 398 g/mol. The van der Waals surface area contributed by atoms with E-state index in [0.717, 1.165) is 36.4 Å². The summed E-state index contributed by atoms with van der Waals surface area (Å²) >= 11 is 0. The molecule has 0 saturated carbocycles. The average Bonchev–Trinajstić information content (AvgIpc) is 2.44. The second-order valence-electron chi connectivity index (χ2n) is 4.72. The van der Waals surface area contributed by atoms with Gasteiger partial charge in [-0.2, -0.15) is 13.2 Å². The summed E-state index contributed by atoms with van der Waals surface area (Å²) in [7, 11) is 0.659. The van der Waals surface area contributed by atoms with Crippen molar-refractivity contribution < 1.29 is 39.5 Å². The summed E-state index contributed by atoms with van der Waals surface area (Å²) in [6.07, 6.45) is -9.84. The molecule has 136 valence electrons. The largest absolute Gasteiger partial charge is 0.573 e. The molecule has 2 rings (SSSR count). The number of alkyl halides is 6. The average molecular weight is 405 g/mol. The fraction of sp³-hybridized carbons (Fsp3) is 0.143. The molecule has 0 N–H and O–H groups in total. The maximum absolute atomic E-state index is 13.2. The van der Waals surface area contributed by atoms with Crippen LogP contribution in [0.5, 0.6) is 5.75 Å². The third-order valence-corrected chi connectivity index (χ3v) is 4.33. The Hall–Kier alpha value is -1.94. The Morgan fingerprint density at radius 2 is 1.44 bits per heavy atom. The number of rotatable bonds is 3. The Bertz CT molecular complexity index is 873. The van der Waals surface area contributed by atoms with Crippen LogP contribution in [0.4, 0.5) is 26.3 Å². The molecule has 0 fully saturated rings. The molecule has 0 bridgehead atoms. The minimum Gasteiger partial charge on any atom is -0.406 e. The van der Waals surface area contributed by atoms with E-state index in [-0.39, 0.29) is 5.56 Å². The lowest BCUT2D eigenvalue weighted by molar-refractivity contribution is -0.274. The predicted molar refractivity (Wildman–Crippen MR) is 76.6 cm³/mol. The number of hydrogen-bond acceptors (Lipinski definition) is 3. The fourth-order valence-corrected chi connectivity index (χ4v) is 2.77. The van der Waals surface area contributed by atoms with Crippen molar-refractivity contribution in [3.8, 4) is 16.9 Å². The molecule has 2 aromatic carbocycles. The maximum Gasteiger partial charge on any atom is 0.573 e. The van der Waals surface area contributed by atoms with Gasteiger partial charge in [0.1, 0.15) is 5.75 Å². The van der Waals surface area contributed by atoms with Gasteiger partial charge in [-0.15, -0.1) is 13.2 Å². The first kappa shape index (κ1) is 19.4. The van der Waals surface area contributed by atoms with Crippen LogP contribution in [0, 0.1) is 0 Å². The Morgan fingerprint density at radius 1 is 0.880 bits per heavy atom. The zero-order valence-electron chi connectivity index (χ0n) is 11.8. The molecule has 0 aliphatic rings. The van der Waals surface area contributed by atoms with Crippen LogP contribution in [-0.4, -0.2) is 14.8 Å². The van der Waals surface area contributed by atoms with Crippen LogP contribution in [0.15, 0.2) is 47.4 Å². The molecule has 0 radical (unpaired) electrons. The van der Waals surface area contributed by atoms with Crippen LogP contribution in [-0.2, 0) is 15.2 Å². The van der Waals surface area contributed by atoms with E-state index < -0.39 is 43.4 Å². The molecule has 11 heteroatoms. The van der Waals surface area contributed by atoms with E-state index in [1.54, 1.807) is 0 Å². The van der Waals surface area contributed by atoms with Crippen molar-refractivity contribution in [1.82, 2.24) is 0 Å². The molecular formula is C14H7ClF6O3S. The van der Waals surface area contributed by atoms with Gasteiger partial charge in [0.25, 0.3) is 9.05 Å². The minimum atomic E-state index is -4.94. The Balaban J connectivity index is 2.52. The second kappa shape index (κ2) is 6.41. The van der Waals surface area contributed by atoms with Gasteiger partial charge in [0.15, 0.2) is 0 Å². The lowest BCUT2D eigenvalue weighted by Gasteiger charge is -2.15. The monoisotopic (exact) mass is 404 g/mol. The quantitative estimate of drug-likeness (QED) is 0.522. The van der Waals surface area contributed by atoms with Gasteiger partial charge < -0.3 is 4.74 Å². The van der Waals surface area contributed by atoms with Crippen molar-refractivity contribution in [1.29, 1.82) is 0 Å². The molecule has 0 spiro atoms. The number of benzene rings is 2. The number of ether oxygens (including phenoxy) is 1. The van der Waals surface area contributed by atoms with Gasteiger partial charge in [0.05, 0.1) is 10.5 Å². The van der Waals surface area contributed by atoms with Crippen LogP contribution >= 0.6 is 10.7 Å². The lowest BCUT2D eigenvalue weighted by atomic mass is 9.99. The third kappa shape index (κ3) is 5.02. The first-order valence-electron chi connectivity index (χ1n) is 6.29. The molecule has 0 aliphatic carbocycles. The van der Waals surface area contributed by atoms with Gasteiger partial charge in [0, 0.05) is 10.7 Å². The summed E-state index contributed by atoms with van der Waals surface area (Å²) in [6.45, 7) is 0. The van der Waals surface area contributed by atoms with E-state index in [1.807, 2.05) is 0 Å². The highest BCUT2D eigenvalue weighted by atomic mass is 35.7. The molecule has 0 aliphatic heterocycles. The van der Waals surface area contributed by atoms with Gasteiger partial charge >= 0.3 is 12.5 Å². The van der Waals surface area contributed by atoms with Crippen LogP contribution in [0.1, 0.15) is 5.56 Å². The first-order valence-corrected chi connectivity index (χ1v) is 8.60. The van der Waals surface area contributed by atoms with E-state index >= 15 is 0 Å². The van der Waals surface area contributed by atoms with Crippen molar-refractivity contribution in [2.24, 2.45) is 0 Å². The van der Waals surface area contributed by atoms with E-state index in [4.69, 9.17) is 10.7 Å². The molecule has 0 amide bonds. The number of halogens is 7. The SMILES string of the molecule is O=S(=O)(Cl)c1ccc(-c2ccc(OC(F)(F)F)cc2)c(C(F)(F)F)c1. The van der Waals surface area contributed by atoms with E-state index in [1.165, 1.54) is 0 Å². The summed E-state index contributed by atoms with van der Waals surface area (Å²) in [4.78, 5) is -0.748. The van der Waals surface area contributed by atoms with Crippen LogP contribution in [0.2, 0.25) is 0 Å².